The predicted molar refractivity (Wildman–Crippen MR) is 351 cm³/mol. The average molecular weight is 1330 g/mol. The largest absolute Gasteiger partial charge is 0.459 e. The Kier molecular flexibility index (Phi) is 24.2. The second-order valence-electron chi connectivity index (χ2n) is 27.2. The molecule has 8 bridgehead atoms. The third-order valence-corrected chi connectivity index (χ3v) is 21.1. The smallest absolute Gasteiger partial charge is 0.338 e. The number of allylic oxidation sites excluding steroid dienone is 6. The van der Waals surface area contributed by atoms with Gasteiger partial charge in [-0.1, -0.05) is 121 Å². The lowest BCUT2D eigenvalue weighted by molar-refractivity contribution is -0.179. The first kappa shape index (κ1) is 73.3. The van der Waals surface area contributed by atoms with Gasteiger partial charge in [0.25, 0.3) is 0 Å². The fourth-order valence-electron chi connectivity index (χ4n) is 16.1. The molecule has 2 aromatic rings. The van der Waals surface area contributed by atoms with E-state index in [-0.39, 0.29) is 90.0 Å². The van der Waals surface area contributed by atoms with E-state index in [4.69, 9.17) is 48.4 Å². The first-order valence-electron chi connectivity index (χ1n) is 34.1. The van der Waals surface area contributed by atoms with Crippen LogP contribution in [-0.2, 0) is 66.6 Å². The summed E-state index contributed by atoms with van der Waals surface area (Å²) < 4.78 is 57.5. The number of nitrogens with zero attached hydrogens (tertiary/aromatic N) is 4. The lowest BCUT2D eigenvalue weighted by Crippen LogP contribution is -2.57. The van der Waals surface area contributed by atoms with Gasteiger partial charge in [-0.25, -0.2) is 33.9 Å². The van der Waals surface area contributed by atoms with Gasteiger partial charge >= 0.3 is 35.9 Å². The summed E-state index contributed by atoms with van der Waals surface area (Å²) in [6, 6.07) is -0.190. The molecule has 23 nitrogen and oxygen atoms in total. The van der Waals surface area contributed by atoms with Gasteiger partial charge < -0.3 is 63.7 Å². The molecule has 5 N–H and O–H groups in total. The van der Waals surface area contributed by atoms with Crippen molar-refractivity contribution in [2.24, 2.45) is 64.9 Å². The van der Waals surface area contributed by atoms with Crippen LogP contribution in [0, 0.1) is 59.2 Å². The normalized spacial score (nSPS) is 38.3. The van der Waals surface area contributed by atoms with Crippen molar-refractivity contribution < 1.29 is 86.7 Å². The molecule has 0 radical (unpaired) electrons. The molecule has 4 aliphatic heterocycles. The van der Waals surface area contributed by atoms with Crippen LogP contribution in [0.3, 0.4) is 0 Å². The van der Waals surface area contributed by atoms with Crippen LogP contribution in [0.15, 0.2) is 133 Å². The van der Waals surface area contributed by atoms with Gasteiger partial charge in [0.05, 0.1) is 18.3 Å². The Hall–Kier alpha value is -6.96. The van der Waals surface area contributed by atoms with E-state index in [1.165, 1.54) is 36.0 Å². The first-order valence-corrected chi connectivity index (χ1v) is 34.1. The molecule has 2 spiro atoms. The van der Waals surface area contributed by atoms with E-state index >= 15 is 0 Å². The zero-order valence-corrected chi connectivity index (χ0v) is 57.3. The monoisotopic (exact) mass is 1330 g/mol. The summed E-state index contributed by atoms with van der Waals surface area (Å²) >= 11 is 0. The van der Waals surface area contributed by atoms with Crippen LogP contribution in [-0.4, -0.2) is 176 Å². The Morgan fingerprint density at radius 3 is 1.50 bits per heavy atom. The number of carbonyl (C=O) groups excluding carboxylic acids is 6. The van der Waals surface area contributed by atoms with E-state index in [1.807, 2.05) is 84.9 Å². The van der Waals surface area contributed by atoms with Gasteiger partial charge in [0, 0.05) is 116 Å². The lowest BCUT2D eigenvalue weighted by Gasteiger charge is -2.49. The van der Waals surface area contributed by atoms with Gasteiger partial charge in [-0.15, -0.1) is 0 Å². The molecular formula is C73H99N5O18. The summed E-state index contributed by atoms with van der Waals surface area (Å²) in [6.07, 6.45) is 28.4. The number of carbonyl (C=O) groups is 6. The van der Waals surface area contributed by atoms with E-state index in [9.17, 15) is 44.1 Å². The highest BCUT2D eigenvalue weighted by atomic mass is 16.6. The highest BCUT2D eigenvalue weighted by molar-refractivity contribution is 5.90. The minimum absolute atomic E-state index is 0.155. The Labute approximate surface area is 562 Å². The van der Waals surface area contributed by atoms with E-state index in [0.29, 0.717) is 30.4 Å². The summed E-state index contributed by atoms with van der Waals surface area (Å²) in [4.78, 5) is 84.0. The molecule has 0 aromatic carbocycles. The Morgan fingerprint density at radius 2 is 1.12 bits per heavy atom. The number of cyclic esters (lactones) is 2. The molecule has 2 aromatic heterocycles. The van der Waals surface area contributed by atoms with Crippen molar-refractivity contribution >= 4 is 35.9 Å². The second kappa shape index (κ2) is 31.7. The standard InChI is InChI=1S/C34H46O9.C29H38O8.C7H6N4O.C3H9N/c1-7-8-13-26(35)40-21(5)29-18(2)16-19(3)34-23(17-25(39-6)33(38)41-29)14-15-24-27(34)28(36)20(4)30(31(24)43-34)42-32(37)22-11-9-10-12-22;1-14-12-15(2)29-19(13-21(34-5)28(33)35-24(14)17(4)30)10-11-20-22(29)23(31)16(3)25(26(20)37-29)36-27(32)18-8-6-7-9-18;12-7(10-3-1-8-5-10)11-4-2-9-6-11;1-2-3-4/h9-11,14-16,18,20-21,23-25,27-31,36H,7-8,12-13,17H2,1-6H3;6-8,10-12,14,16-17,19-26,30-31H,9,13H2,1-5H3;1-6H;2-4H2,1H3/b19-16+;15-12+;;/t18-,20-,21-,23-,24-,25+,27+,28-,29+,30-,31-,34+;14-,16-,17-,19-,20-,21+,22+,23-,24+,25-,26-,29+;;/m11../s1. The molecule has 0 unspecified atom stereocenters. The van der Waals surface area contributed by atoms with Crippen molar-refractivity contribution in [3.63, 3.8) is 0 Å². The number of nitrogens with two attached hydrogens (primary N) is 1. The molecule has 6 aliphatic carbocycles. The third kappa shape index (κ3) is 14.6. The lowest BCUT2D eigenvalue weighted by atomic mass is 9.57. The van der Waals surface area contributed by atoms with Gasteiger partial charge in [0.1, 0.15) is 66.6 Å². The fourth-order valence-corrected chi connectivity index (χ4v) is 16.1. The molecule has 12 rings (SSSR count). The topological polar surface area (TPSA) is 308 Å². The molecule has 524 valence electrons. The highest BCUT2D eigenvalue weighted by Gasteiger charge is 2.71. The highest BCUT2D eigenvalue weighted by Crippen LogP contribution is 2.63. The maximum atomic E-state index is 13.5. The molecule has 24 atom stereocenters. The number of imidazole rings is 2. The van der Waals surface area contributed by atoms with Gasteiger partial charge in [0.15, 0.2) is 12.2 Å². The molecular weight excluding hydrogens is 1230 g/mol. The third-order valence-electron chi connectivity index (χ3n) is 21.1. The van der Waals surface area contributed by atoms with Crippen LogP contribution in [0.1, 0.15) is 121 Å². The maximum absolute atomic E-state index is 13.5. The molecule has 23 heteroatoms. The summed E-state index contributed by atoms with van der Waals surface area (Å²) in [5, 5.41) is 34.0. The quantitative estimate of drug-likeness (QED) is 0.0839. The number of hydrogen-bond acceptors (Lipinski definition) is 21. The molecule has 6 heterocycles. The van der Waals surface area contributed by atoms with Crippen molar-refractivity contribution in [2.75, 3.05) is 20.8 Å². The fraction of sp³-hybridized carbons (Fsp3) is 0.616. The van der Waals surface area contributed by atoms with Crippen molar-refractivity contribution in [2.45, 2.75) is 205 Å². The minimum Gasteiger partial charge on any atom is -0.459 e. The van der Waals surface area contributed by atoms with Crippen LogP contribution in [0.2, 0.25) is 0 Å². The van der Waals surface area contributed by atoms with Crippen molar-refractivity contribution in [3.05, 3.63) is 133 Å². The SMILES string of the molecule is CCCCC(=O)O[C@H](C)[C@H]1OC(=O)[C@@H](OC)C[C@H]2C=C[C@H]3[C@H]4O[C@]2(/C(C)=C/[C@H]1C)[C@@H]3[C@H](O)[C@@H](C)[C@H]4OC(=O)C1=CC=CC1.CCCN.CO[C@H]1C[C@H]2C=C[C@H]3[C@H]4O[C@]2(/C(C)=C/[C@@H](C)[C@@H]([C@@H](C)O)OC1=O)[C@@H]3[C@H](O)[C@@H](C)[C@H]4OC(=O)C1=CC=CC1.O=C(n1ccnc1)n1ccnc1. The number of aromatic nitrogens is 4. The first-order chi connectivity index (χ1) is 45.9. The van der Waals surface area contributed by atoms with E-state index in [2.05, 4.69) is 41.2 Å². The Balaban J connectivity index is 0.000000184. The number of ether oxygens (including phenoxy) is 9. The average Bonchev–Trinajstić information content (AvgIpc) is 1.53. The molecule has 0 amide bonds. The van der Waals surface area contributed by atoms with Crippen molar-refractivity contribution in [1.29, 1.82) is 0 Å². The van der Waals surface area contributed by atoms with Crippen LogP contribution < -0.4 is 5.73 Å². The maximum Gasteiger partial charge on any atom is 0.338 e. The molecule has 4 fully saturated rings. The summed E-state index contributed by atoms with van der Waals surface area (Å²) in [5.74, 6) is -5.05. The van der Waals surface area contributed by atoms with Crippen molar-refractivity contribution in [3.8, 4) is 0 Å². The number of methoxy groups -OCH3 is 2. The van der Waals surface area contributed by atoms with Crippen LogP contribution in [0.5, 0.6) is 0 Å². The van der Waals surface area contributed by atoms with E-state index < -0.39 is 102 Å². The van der Waals surface area contributed by atoms with Crippen LogP contribution in [0.25, 0.3) is 0 Å². The Bertz CT molecular complexity index is 3290. The van der Waals surface area contributed by atoms with Gasteiger partial charge in [-0.3, -0.25) is 13.9 Å². The Morgan fingerprint density at radius 1 is 0.688 bits per heavy atom. The predicted octanol–water partition coefficient (Wildman–Crippen LogP) is 7.98. The minimum atomic E-state index is -0.957. The van der Waals surface area contributed by atoms with Gasteiger partial charge in [-0.2, -0.15) is 0 Å². The van der Waals surface area contributed by atoms with Crippen LogP contribution in [0.4, 0.5) is 4.79 Å². The van der Waals surface area contributed by atoms with Gasteiger partial charge in [-0.05, 0) is 83.9 Å². The second-order valence-corrected chi connectivity index (χ2v) is 27.2. The number of rotatable bonds is 13. The summed E-state index contributed by atoms with van der Waals surface area (Å²) in [5.41, 5.74) is 6.13. The number of unbranched alkanes of at least 4 members (excludes halogenated alkanes) is 1. The van der Waals surface area contributed by atoms with Crippen molar-refractivity contribution in [1.82, 2.24) is 19.1 Å². The summed E-state index contributed by atoms with van der Waals surface area (Å²) in [6.45, 7) is 19.8. The molecule has 10 aliphatic rings. The molecule has 2 saturated carbocycles. The number of aliphatic hydroxyl groups excluding tert-OH is 3. The molecule has 96 heavy (non-hydrogen) atoms. The van der Waals surface area contributed by atoms with Gasteiger partial charge in [0.2, 0.25) is 0 Å². The number of esters is 5. The summed E-state index contributed by atoms with van der Waals surface area (Å²) in [7, 11) is 2.94. The van der Waals surface area contributed by atoms with E-state index in [0.717, 1.165) is 37.0 Å². The van der Waals surface area contributed by atoms with Crippen LogP contribution >= 0.6 is 0 Å². The molecule has 2 saturated heterocycles. The zero-order chi connectivity index (χ0) is 69.5. The number of aliphatic hydroxyl groups is 3. The zero-order valence-electron chi connectivity index (χ0n) is 57.3. The number of hydrogen-bond donors (Lipinski definition) is 4. The van der Waals surface area contributed by atoms with E-state index in [1.54, 1.807) is 50.8 Å².